The lowest BCUT2D eigenvalue weighted by molar-refractivity contribution is -0.153. The lowest BCUT2D eigenvalue weighted by Crippen LogP contribution is -2.49. The lowest BCUT2D eigenvalue weighted by atomic mass is 9.84. The first-order chi connectivity index (χ1) is 13.5. The molecule has 0 bridgehead atoms. The third-order valence-corrected chi connectivity index (χ3v) is 7.16. The normalized spacial score (nSPS) is 25.4. The van der Waals surface area contributed by atoms with Crippen LogP contribution in [0.5, 0.6) is 0 Å². The second kappa shape index (κ2) is 7.79. The molecule has 2 fully saturated rings. The van der Waals surface area contributed by atoms with Crippen molar-refractivity contribution in [2.24, 2.45) is 5.92 Å². The predicted molar refractivity (Wildman–Crippen MR) is 108 cm³/mol. The van der Waals surface area contributed by atoms with Gasteiger partial charge in [0.25, 0.3) is 0 Å². The van der Waals surface area contributed by atoms with Crippen LogP contribution in [0.4, 0.5) is 0 Å². The van der Waals surface area contributed by atoms with Crippen LogP contribution < -0.4 is 0 Å². The van der Waals surface area contributed by atoms with Crippen molar-refractivity contribution >= 4 is 35.4 Å². The van der Waals surface area contributed by atoms with Crippen molar-refractivity contribution in [1.29, 1.82) is 0 Å². The SMILES string of the molecule is COC(=O)C1CC2CCCCC2N1C(=O)C(C)n1c(-c2cccs2)n[nH]c1=S. The number of methoxy groups -OCH3 is 1. The smallest absolute Gasteiger partial charge is 0.328 e. The van der Waals surface area contributed by atoms with Gasteiger partial charge in [0.05, 0.1) is 12.0 Å². The number of hydrogen-bond donors (Lipinski definition) is 1. The highest BCUT2D eigenvalue weighted by atomic mass is 32.1. The molecule has 1 amide bonds. The molecule has 0 aromatic carbocycles. The minimum atomic E-state index is -0.559. The van der Waals surface area contributed by atoms with Crippen LogP contribution in [0.15, 0.2) is 17.5 Å². The summed E-state index contributed by atoms with van der Waals surface area (Å²) in [4.78, 5) is 28.8. The summed E-state index contributed by atoms with van der Waals surface area (Å²) in [6.45, 7) is 1.83. The summed E-state index contributed by atoms with van der Waals surface area (Å²) < 4.78 is 7.18. The standard InChI is InChI=1S/C19H24N4O3S2/c1-11(22-16(20-21-19(22)27)15-8-5-9-28-15)17(24)23-13-7-4-3-6-12(13)10-14(23)18(25)26-2/h5,8-9,11-14H,3-4,6-7,10H2,1-2H3,(H,21,27). The molecule has 1 saturated heterocycles. The molecule has 9 heteroatoms. The average molecular weight is 421 g/mol. The predicted octanol–water partition coefficient (Wildman–Crippen LogP) is 3.56. The Kier molecular flexibility index (Phi) is 5.37. The zero-order valence-corrected chi connectivity index (χ0v) is 17.6. The Morgan fingerprint density at radius 2 is 2.18 bits per heavy atom. The van der Waals surface area contributed by atoms with Crippen molar-refractivity contribution < 1.29 is 14.3 Å². The second-order valence-corrected chi connectivity index (χ2v) is 8.84. The number of fused-ring (bicyclic) bond motifs is 1. The van der Waals surface area contributed by atoms with Crippen molar-refractivity contribution in [1.82, 2.24) is 19.7 Å². The molecule has 0 spiro atoms. The monoisotopic (exact) mass is 420 g/mol. The fraction of sp³-hybridized carbons (Fsp3) is 0.579. The number of amides is 1. The zero-order valence-electron chi connectivity index (χ0n) is 16.0. The van der Waals surface area contributed by atoms with Crippen LogP contribution in [-0.4, -0.2) is 50.7 Å². The summed E-state index contributed by atoms with van der Waals surface area (Å²) in [5.74, 6) is 0.585. The number of esters is 1. The van der Waals surface area contributed by atoms with Crippen LogP contribution in [0.3, 0.4) is 0 Å². The van der Waals surface area contributed by atoms with Crippen molar-refractivity contribution in [2.45, 2.75) is 57.2 Å². The van der Waals surface area contributed by atoms with E-state index in [1.807, 2.05) is 24.4 Å². The highest BCUT2D eigenvalue weighted by Gasteiger charge is 2.49. The van der Waals surface area contributed by atoms with E-state index in [0.29, 0.717) is 22.9 Å². The maximum atomic E-state index is 13.6. The van der Waals surface area contributed by atoms with E-state index in [1.165, 1.54) is 7.11 Å². The molecule has 1 aliphatic heterocycles. The van der Waals surface area contributed by atoms with E-state index in [4.69, 9.17) is 17.0 Å². The zero-order chi connectivity index (χ0) is 19.8. The van der Waals surface area contributed by atoms with Gasteiger partial charge < -0.3 is 9.64 Å². The van der Waals surface area contributed by atoms with Crippen LogP contribution >= 0.6 is 23.6 Å². The molecule has 4 rings (SSSR count). The summed E-state index contributed by atoms with van der Waals surface area (Å²) in [6, 6.07) is 2.91. The second-order valence-electron chi connectivity index (χ2n) is 7.51. The quantitative estimate of drug-likeness (QED) is 0.604. The first kappa shape index (κ1) is 19.3. The number of rotatable bonds is 4. The number of carbonyl (C=O) groups excluding carboxylic acids is 2. The number of H-pyrrole nitrogens is 1. The minimum absolute atomic E-state index is 0.0964. The van der Waals surface area contributed by atoms with E-state index in [-0.39, 0.29) is 17.9 Å². The molecule has 7 nitrogen and oxygen atoms in total. The Hall–Kier alpha value is -2.00. The van der Waals surface area contributed by atoms with Gasteiger partial charge in [0, 0.05) is 6.04 Å². The number of ether oxygens (including phenoxy) is 1. The van der Waals surface area contributed by atoms with E-state index >= 15 is 0 Å². The molecule has 28 heavy (non-hydrogen) atoms. The summed E-state index contributed by atoms with van der Waals surface area (Å²) in [5.41, 5.74) is 0. The Labute approximate surface area is 172 Å². The molecule has 2 aromatic rings. The van der Waals surface area contributed by atoms with Gasteiger partial charge in [-0.05, 0) is 55.8 Å². The van der Waals surface area contributed by atoms with Crippen molar-refractivity contribution in [3.8, 4) is 10.7 Å². The molecule has 4 atom stereocenters. The van der Waals surface area contributed by atoms with Crippen LogP contribution in [0.2, 0.25) is 0 Å². The number of nitrogens with zero attached hydrogens (tertiary/aromatic N) is 3. The molecule has 0 radical (unpaired) electrons. The Balaban J connectivity index is 1.69. The summed E-state index contributed by atoms with van der Waals surface area (Å²) in [7, 11) is 1.39. The van der Waals surface area contributed by atoms with E-state index < -0.39 is 12.1 Å². The van der Waals surface area contributed by atoms with E-state index in [1.54, 1.807) is 20.8 Å². The fourth-order valence-corrected chi connectivity index (χ4v) is 5.69. The van der Waals surface area contributed by atoms with Gasteiger partial charge in [-0.1, -0.05) is 18.9 Å². The van der Waals surface area contributed by atoms with Gasteiger partial charge in [0.2, 0.25) is 5.91 Å². The highest BCUT2D eigenvalue weighted by molar-refractivity contribution is 7.71. The number of likely N-dealkylation sites (tertiary alicyclic amines) is 1. The third kappa shape index (κ3) is 3.20. The Morgan fingerprint density at radius 3 is 2.89 bits per heavy atom. The number of thiophene rings is 1. The maximum absolute atomic E-state index is 13.6. The number of aromatic amines is 1. The fourth-order valence-electron chi connectivity index (χ4n) is 4.69. The lowest BCUT2D eigenvalue weighted by Gasteiger charge is -2.35. The van der Waals surface area contributed by atoms with Crippen molar-refractivity contribution in [2.75, 3.05) is 7.11 Å². The topological polar surface area (TPSA) is 80.2 Å². The van der Waals surface area contributed by atoms with Gasteiger partial charge >= 0.3 is 5.97 Å². The van der Waals surface area contributed by atoms with E-state index in [0.717, 1.165) is 30.6 Å². The van der Waals surface area contributed by atoms with Gasteiger partial charge in [0.15, 0.2) is 10.6 Å². The third-order valence-electron chi connectivity index (χ3n) is 6.01. The average Bonchev–Trinajstić information content (AvgIpc) is 3.43. The van der Waals surface area contributed by atoms with Crippen LogP contribution in [-0.2, 0) is 14.3 Å². The van der Waals surface area contributed by atoms with Gasteiger partial charge in [-0.3, -0.25) is 14.5 Å². The molecule has 2 aliphatic rings. The number of aromatic nitrogens is 3. The first-order valence-corrected chi connectivity index (χ1v) is 10.9. The van der Waals surface area contributed by atoms with Crippen LogP contribution in [0.25, 0.3) is 10.7 Å². The molecule has 4 unspecified atom stereocenters. The molecular weight excluding hydrogens is 396 g/mol. The van der Waals surface area contributed by atoms with Crippen molar-refractivity contribution in [3.05, 3.63) is 22.3 Å². The van der Waals surface area contributed by atoms with Gasteiger partial charge in [-0.2, -0.15) is 5.10 Å². The van der Waals surface area contributed by atoms with Crippen LogP contribution in [0, 0.1) is 10.7 Å². The molecule has 2 aromatic heterocycles. The molecule has 1 N–H and O–H groups in total. The molecule has 1 aliphatic carbocycles. The number of hydrogen-bond acceptors (Lipinski definition) is 6. The Morgan fingerprint density at radius 1 is 1.39 bits per heavy atom. The van der Waals surface area contributed by atoms with Gasteiger partial charge in [-0.25, -0.2) is 4.79 Å². The van der Waals surface area contributed by atoms with Gasteiger partial charge in [0.1, 0.15) is 12.1 Å². The number of carbonyl (C=O) groups is 2. The van der Waals surface area contributed by atoms with Crippen molar-refractivity contribution in [3.63, 3.8) is 0 Å². The van der Waals surface area contributed by atoms with Crippen LogP contribution in [0.1, 0.15) is 45.1 Å². The molecule has 150 valence electrons. The number of nitrogens with one attached hydrogen (secondary N) is 1. The van der Waals surface area contributed by atoms with E-state index in [9.17, 15) is 9.59 Å². The summed E-state index contributed by atoms with van der Waals surface area (Å²) >= 11 is 6.97. The first-order valence-electron chi connectivity index (χ1n) is 9.63. The minimum Gasteiger partial charge on any atom is -0.467 e. The summed E-state index contributed by atoms with van der Waals surface area (Å²) in [6.07, 6.45) is 4.91. The maximum Gasteiger partial charge on any atom is 0.328 e. The Bertz CT molecular complexity index is 920. The summed E-state index contributed by atoms with van der Waals surface area (Å²) in [5, 5.41) is 9.11. The molecular formula is C19H24N4O3S2. The largest absolute Gasteiger partial charge is 0.467 e. The highest BCUT2D eigenvalue weighted by Crippen LogP contribution is 2.41. The van der Waals surface area contributed by atoms with Gasteiger partial charge in [-0.15, -0.1) is 11.3 Å². The molecule has 1 saturated carbocycles. The van der Waals surface area contributed by atoms with E-state index in [2.05, 4.69) is 10.2 Å². The molecule has 3 heterocycles.